The number of piperazine rings is 1. The normalized spacial score (nSPS) is 20.4. The number of rotatable bonds is 7. The second kappa shape index (κ2) is 11.4. The van der Waals surface area contributed by atoms with Gasteiger partial charge in [-0.25, -0.2) is 26.6 Å². The zero-order valence-electron chi connectivity index (χ0n) is 21.1. The SMILES string of the molecule is Cl.Cn1cnc(S(=O)(=O)N2CCN(C3(CCC(=O)c4ccc(C(F)(F)F)cc4F)CCC(F)(F)CC3)CC2)c1. The average molecular weight is 603 g/mol. The highest BCUT2D eigenvalue weighted by atomic mass is 35.5. The smallest absolute Gasteiger partial charge is 0.339 e. The van der Waals surface area contributed by atoms with Gasteiger partial charge < -0.3 is 4.57 Å². The predicted octanol–water partition coefficient (Wildman–Crippen LogP) is 4.92. The number of Topliss-reactive ketones (excluding diaryl/α,β-unsaturated/α-hetero) is 1. The first kappa shape index (κ1) is 31.4. The molecule has 1 aromatic heterocycles. The number of hydrogen-bond donors (Lipinski definition) is 0. The van der Waals surface area contributed by atoms with Crippen molar-refractivity contribution in [3.63, 3.8) is 0 Å². The fourth-order valence-corrected chi connectivity index (χ4v) is 6.65. The summed E-state index contributed by atoms with van der Waals surface area (Å²) in [6.45, 7) is 0.665. The van der Waals surface area contributed by atoms with Crippen LogP contribution in [0.3, 0.4) is 0 Å². The number of hydrogen-bond acceptors (Lipinski definition) is 5. The summed E-state index contributed by atoms with van der Waals surface area (Å²) >= 11 is 0. The van der Waals surface area contributed by atoms with Gasteiger partial charge in [-0.2, -0.15) is 17.5 Å². The average Bonchev–Trinajstić information content (AvgIpc) is 3.30. The minimum absolute atomic E-state index is 0. The zero-order valence-corrected chi connectivity index (χ0v) is 22.7. The molecule has 39 heavy (non-hydrogen) atoms. The number of benzene rings is 1. The molecule has 0 N–H and O–H groups in total. The first-order valence-electron chi connectivity index (χ1n) is 12.1. The van der Waals surface area contributed by atoms with Crippen LogP contribution in [0.25, 0.3) is 0 Å². The molecular formula is C24H29ClF6N4O3S. The molecule has 0 bridgehead atoms. The number of carbonyl (C=O) groups is 1. The molecule has 1 aromatic carbocycles. The second-order valence-corrected chi connectivity index (χ2v) is 11.8. The summed E-state index contributed by atoms with van der Waals surface area (Å²) in [6, 6.07) is 1.70. The third-order valence-corrected chi connectivity index (χ3v) is 9.31. The summed E-state index contributed by atoms with van der Waals surface area (Å²) in [5.41, 5.74) is -2.54. The van der Waals surface area contributed by atoms with Crippen LogP contribution in [0.2, 0.25) is 0 Å². The maximum Gasteiger partial charge on any atom is 0.416 e. The number of alkyl halides is 5. The molecule has 0 amide bonds. The van der Waals surface area contributed by atoms with Gasteiger partial charge >= 0.3 is 6.18 Å². The lowest BCUT2D eigenvalue weighted by Gasteiger charge is -2.50. The summed E-state index contributed by atoms with van der Waals surface area (Å²) in [6.07, 6.45) is -2.88. The molecule has 2 heterocycles. The van der Waals surface area contributed by atoms with Gasteiger partial charge in [0.25, 0.3) is 10.0 Å². The zero-order chi connectivity index (χ0) is 27.9. The van der Waals surface area contributed by atoms with Gasteiger partial charge in [0.2, 0.25) is 5.92 Å². The molecule has 7 nitrogen and oxygen atoms in total. The number of ketones is 1. The Balaban J connectivity index is 0.00000420. The number of aromatic nitrogens is 2. The molecule has 0 atom stereocenters. The van der Waals surface area contributed by atoms with Crippen LogP contribution in [-0.4, -0.2) is 70.6 Å². The van der Waals surface area contributed by atoms with Crippen molar-refractivity contribution in [2.75, 3.05) is 26.2 Å². The third kappa shape index (κ3) is 6.77. The number of halogens is 7. The minimum Gasteiger partial charge on any atom is -0.339 e. The Labute approximate surface area is 228 Å². The van der Waals surface area contributed by atoms with Crippen molar-refractivity contribution in [3.05, 3.63) is 47.7 Å². The summed E-state index contributed by atoms with van der Waals surface area (Å²) in [5.74, 6) is -4.87. The molecule has 1 aliphatic carbocycles. The van der Waals surface area contributed by atoms with Crippen molar-refractivity contribution in [3.8, 4) is 0 Å². The van der Waals surface area contributed by atoms with Crippen molar-refractivity contribution < 1.29 is 39.6 Å². The lowest BCUT2D eigenvalue weighted by Crippen LogP contribution is -2.59. The van der Waals surface area contributed by atoms with Gasteiger partial charge in [0, 0.05) is 64.2 Å². The van der Waals surface area contributed by atoms with Gasteiger partial charge in [-0.05, 0) is 37.5 Å². The number of nitrogens with zero attached hydrogens (tertiary/aromatic N) is 4. The maximum absolute atomic E-state index is 14.3. The van der Waals surface area contributed by atoms with E-state index in [0.717, 1.165) is 6.07 Å². The van der Waals surface area contributed by atoms with Gasteiger partial charge in [-0.3, -0.25) is 9.69 Å². The molecule has 2 fully saturated rings. The molecule has 4 rings (SSSR count). The Morgan fingerprint density at radius 1 is 1.05 bits per heavy atom. The largest absolute Gasteiger partial charge is 0.416 e. The lowest BCUT2D eigenvalue weighted by molar-refractivity contribution is -0.137. The van der Waals surface area contributed by atoms with Crippen LogP contribution in [0.15, 0.2) is 35.7 Å². The van der Waals surface area contributed by atoms with E-state index in [1.165, 1.54) is 21.4 Å². The van der Waals surface area contributed by atoms with E-state index in [2.05, 4.69) is 4.98 Å². The van der Waals surface area contributed by atoms with Crippen LogP contribution in [-0.2, 0) is 23.2 Å². The van der Waals surface area contributed by atoms with Crippen molar-refractivity contribution in [2.24, 2.45) is 7.05 Å². The molecule has 1 aliphatic heterocycles. The predicted molar refractivity (Wildman–Crippen MR) is 132 cm³/mol. The Kier molecular flexibility index (Phi) is 9.15. The standard InChI is InChI=1S/C24H28F6N4O3S.ClH/c1-32-15-21(31-16-32)38(36,37)34-12-10-33(11-13-34)22(6-8-23(26,27)9-7-22)5-4-20(35)18-3-2-17(14-19(18)25)24(28,29)30;/h2-3,14-16H,4-13H2,1H3;1H. The lowest BCUT2D eigenvalue weighted by atomic mass is 9.74. The summed E-state index contributed by atoms with van der Waals surface area (Å²) in [7, 11) is -2.19. The van der Waals surface area contributed by atoms with Gasteiger partial charge in [-0.15, -0.1) is 12.4 Å². The van der Waals surface area contributed by atoms with E-state index in [0.29, 0.717) is 6.07 Å². The van der Waals surface area contributed by atoms with Crippen LogP contribution in [0.4, 0.5) is 26.3 Å². The number of carbonyl (C=O) groups excluding carboxylic acids is 1. The monoisotopic (exact) mass is 602 g/mol. The first-order chi connectivity index (χ1) is 17.6. The van der Waals surface area contributed by atoms with E-state index in [-0.39, 0.29) is 75.4 Å². The van der Waals surface area contributed by atoms with Crippen LogP contribution < -0.4 is 0 Å². The summed E-state index contributed by atoms with van der Waals surface area (Å²) in [5, 5.41) is -0.0929. The molecule has 2 aromatic rings. The molecule has 15 heteroatoms. The number of sulfonamides is 1. The van der Waals surface area contributed by atoms with Crippen LogP contribution in [0, 0.1) is 5.82 Å². The Hall–Kier alpha value is -2.16. The minimum atomic E-state index is -4.76. The van der Waals surface area contributed by atoms with E-state index in [9.17, 15) is 39.6 Å². The van der Waals surface area contributed by atoms with E-state index in [1.807, 2.05) is 4.90 Å². The van der Waals surface area contributed by atoms with E-state index < -0.39 is 63.2 Å². The molecule has 1 saturated carbocycles. The molecule has 2 aliphatic rings. The van der Waals surface area contributed by atoms with Crippen molar-refractivity contribution >= 4 is 28.2 Å². The first-order valence-corrected chi connectivity index (χ1v) is 13.6. The number of imidazole rings is 1. The molecule has 218 valence electrons. The van der Waals surface area contributed by atoms with Gasteiger partial charge in [0.05, 0.1) is 17.5 Å². The van der Waals surface area contributed by atoms with Crippen molar-refractivity contribution in [1.82, 2.24) is 18.8 Å². The van der Waals surface area contributed by atoms with Crippen molar-refractivity contribution in [2.45, 2.75) is 61.2 Å². The van der Waals surface area contributed by atoms with E-state index >= 15 is 0 Å². The quantitative estimate of drug-likeness (QED) is 0.332. The summed E-state index contributed by atoms with van der Waals surface area (Å²) < 4.78 is 110. The van der Waals surface area contributed by atoms with Crippen LogP contribution in [0.5, 0.6) is 0 Å². The molecular weight excluding hydrogens is 574 g/mol. The van der Waals surface area contributed by atoms with Gasteiger partial charge in [0.1, 0.15) is 5.82 Å². The Morgan fingerprint density at radius 3 is 2.18 bits per heavy atom. The molecule has 0 unspecified atom stereocenters. The van der Waals surface area contributed by atoms with E-state index in [1.54, 1.807) is 7.05 Å². The van der Waals surface area contributed by atoms with Crippen LogP contribution >= 0.6 is 12.4 Å². The van der Waals surface area contributed by atoms with Gasteiger partial charge in [0.15, 0.2) is 10.8 Å². The number of aryl methyl sites for hydroxylation is 1. The fraction of sp³-hybridized carbons (Fsp3) is 0.583. The molecule has 0 radical (unpaired) electrons. The Morgan fingerprint density at radius 2 is 1.67 bits per heavy atom. The van der Waals surface area contributed by atoms with Gasteiger partial charge in [-0.1, -0.05) is 0 Å². The molecule has 1 saturated heterocycles. The maximum atomic E-state index is 14.3. The van der Waals surface area contributed by atoms with Crippen molar-refractivity contribution in [1.29, 1.82) is 0 Å². The Bertz CT molecular complexity index is 1280. The third-order valence-electron chi connectivity index (χ3n) is 7.52. The highest BCUT2D eigenvalue weighted by Crippen LogP contribution is 2.44. The summed E-state index contributed by atoms with van der Waals surface area (Å²) in [4.78, 5) is 18.6. The van der Waals surface area contributed by atoms with Crippen LogP contribution in [0.1, 0.15) is 54.4 Å². The second-order valence-electron chi connectivity index (χ2n) is 9.96. The highest BCUT2D eigenvalue weighted by Gasteiger charge is 2.47. The topological polar surface area (TPSA) is 75.5 Å². The molecule has 0 spiro atoms. The highest BCUT2D eigenvalue weighted by molar-refractivity contribution is 7.89. The fourth-order valence-electron chi connectivity index (χ4n) is 5.26. The van der Waals surface area contributed by atoms with E-state index in [4.69, 9.17) is 0 Å².